The summed E-state index contributed by atoms with van der Waals surface area (Å²) in [4.78, 5) is 14.8. The number of benzene rings is 2. The first-order chi connectivity index (χ1) is 15.5. The molecule has 8 heteroatoms. The van der Waals surface area contributed by atoms with E-state index < -0.39 is 6.61 Å². The topological polar surface area (TPSA) is 57.2 Å². The Morgan fingerprint density at radius 1 is 1.16 bits per heavy atom. The zero-order chi connectivity index (χ0) is 22.5. The number of hydrogen-bond acceptors (Lipinski definition) is 5. The van der Waals surface area contributed by atoms with Crippen molar-refractivity contribution < 1.29 is 32.5 Å². The van der Waals surface area contributed by atoms with Crippen molar-refractivity contribution in [2.24, 2.45) is 0 Å². The molecular formula is C24H25F2NO5. The fourth-order valence-corrected chi connectivity index (χ4v) is 4.00. The highest BCUT2D eigenvalue weighted by Crippen LogP contribution is 2.38. The lowest BCUT2D eigenvalue weighted by atomic mass is 10.0. The van der Waals surface area contributed by atoms with Gasteiger partial charge in [0.15, 0.2) is 23.0 Å². The molecule has 2 aliphatic heterocycles. The second-order valence-electron chi connectivity index (χ2n) is 7.44. The van der Waals surface area contributed by atoms with Crippen LogP contribution >= 0.6 is 0 Å². The van der Waals surface area contributed by atoms with Crippen LogP contribution in [0.5, 0.6) is 23.0 Å². The Balaban J connectivity index is 1.48. The van der Waals surface area contributed by atoms with E-state index in [9.17, 15) is 13.6 Å². The van der Waals surface area contributed by atoms with Crippen molar-refractivity contribution >= 4 is 12.0 Å². The molecule has 1 unspecified atom stereocenters. The predicted molar refractivity (Wildman–Crippen MR) is 114 cm³/mol. The van der Waals surface area contributed by atoms with Gasteiger partial charge in [-0.15, -0.1) is 0 Å². The molecule has 2 aromatic carbocycles. The van der Waals surface area contributed by atoms with Crippen molar-refractivity contribution in [1.82, 2.24) is 4.90 Å². The number of rotatable bonds is 7. The van der Waals surface area contributed by atoms with Crippen molar-refractivity contribution in [3.63, 3.8) is 0 Å². The lowest BCUT2D eigenvalue weighted by Crippen LogP contribution is -2.29. The van der Waals surface area contributed by atoms with E-state index in [4.69, 9.17) is 14.2 Å². The van der Waals surface area contributed by atoms with Crippen molar-refractivity contribution in [1.29, 1.82) is 0 Å². The van der Waals surface area contributed by atoms with Crippen molar-refractivity contribution in [3.8, 4) is 23.0 Å². The summed E-state index contributed by atoms with van der Waals surface area (Å²) >= 11 is 0. The number of fused-ring (bicyclic) bond motifs is 1. The standard InChI is InChI=1S/C24H25F2NO5/c1-2-29-21-14-16(5-8-20(21)32-24(25)26)6-10-23(28)27-11-3-4-18(27)17-7-9-19-22(15-17)31-13-12-30-19/h5-10,14-15,18,24H,2-4,11-13H2,1H3/b10-6+. The normalized spacial score (nSPS) is 17.8. The summed E-state index contributed by atoms with van der Waals surface area (Å²) in [5.41, 5.74) is 1.67. The third kappa shape index (κ3) is 4.95. The number of ether oxygens (including phenoxy) is 4. The molecule has 1 fully saturated rings. The van der Waals surface area contributed by atoms with Gasteiger partial charge in [-0.1, -0.05) is 12.1 Å². The molecule has 0 spiro atoms. The van der Waals surface area contributed by atoms with E-state index in [1.54, 1.807) is 25.1 Å². The fourth-order valence-electron chi connectivity index (χ4n) is 4.00. The molecule has 1 atom stereocenters. The van der Waals surface area contributed by atoms with Gasteiger partial charge in [0.2, 0.25) is 5.91 Å². The van der Waals surface area contributed by atoms with Gasteiger partial charge in [0.05, 0.1) is 12.6 Å². The van der Waals surface area contributed by atoms with Crippen LogP contribution in [-0.2, 0) is 4.79 Å². The SMILES string of the molecule is CCOc1cc(/C=C/C(=O)N2CCCC2c2ccc3c(c2)OCCO3)ccc1OC(F)F. The molecule has 2 heterocycles. The summed E-state index contributed by atoms with van der Waals surface area (Å²) in [5, 5.41) is 0. The molecule has 170 valence electrons. The molecule has 1 saturated heterocycles. The zero-order valence-corrected chi connectivity index (χ0v) is 17.8. The van der Waals surface area contributed by atoms with Gasteiger partial charge in [0.25, 0.3) is 0 Å². The minimum Gasteiger partial charge on any atom is -0.490 e. The van der Waals surface area contributed by atoms with Crippen LogP contribution in [0.3, 0.4) is 0 Å². The fraction of sp³-hybridized carbons (Fsp3) is 0.375. The number of carbonyl (C=O) groups excluding carboxylic acids is 1. The van der Waals surface area contributed by atoms with Crippen LogP contribution in [-0.4, -0.2) is 43.8 Å². The number of amides is 1. The largest absolute Gasteiger partial charge is 0.490 e. The van der Waals surface area contributed by atoms with Gasteiger partial charge in [0.1, 0.15) is 13.2 Å². The van der Waals surface area contributed by atoms with Gasteiger partial charge < -0.3 is 23.8 Å². The highest BCUT2D eigenvalue weighted by Gasteiger charge is 2.29. The summed E-state index contributed by atoms with van der Waals surface area (Å²) in [6.45, 7) is 0.821. The Hall–Kier alpha value is -3.29. The van der Waals surface area contributed by atoms with Crippen LogP contribution in [0.1, 0.15) is 36.9 Å². The Morgan fingerprint density at radius 2 is 1.97 bits per heavy atom. The molecule has 32 heavy (non-hydrogen) atoms. The van der Waals surface area contributed by atoms with E-state index in [-0.39, 0.29) is 23.4 Å². The zero-order valence-electron chi connectivity index (χ0n) is 17.8. The highest BCUT2D eigenvalue weighted by molar-refractivity contribution is 5.92. The third-order valence-electron chi connectivity index (χ3n) is 5.39. The average molecular weight is 445 g/mol. The molecule has 2 aromatic rings. The minimum absolute atomic E-state index is 0.0382. The maximum atomic E-state index is 12.9. The van der Waals surface area contributed by atoms with Crippen LogP contribution in [0, 0.1) is 0 Å². The molecule has 0 aromatic heterocycles. The predicted octanol–water partition coefficient (Wildman–Crippen LogP) is 4.83. The van der Waals surface area contributed by atoms with Crippen LogP contribution in [0.15, 0.2) is 42.5 Å². The first kappa shape index (κ1) is 21.9. The number of hydrogen-bond donors (Lipinski definition) is 0. The smallest absolute Gasteiger partial charge is 0.387 e. The van der Waals surface area contributed by atoms with Crippen LogP contribution in [0.2, 0.25) is 0 Å². The van der Waals surface area contributed by atoms with Crippen LogP contribution < -0.4 is 18.9 Å². The van der Waals surface area contributed by atoms with E-state index >= 15 is 0 Å². The third-order valence-corrected chi connectivity index (χ3v) is 5.39. The van der Waals surface area contributed by atoms with E-state index in [0.717, 1.165) is 24.2 Å². The summed E-state index contributed by atoms with van der Waals surface area (Å²) in [5.74, 6) is 1.48. The molecule has 0 saturated carbocycles. The lowest BCUT2D eigenvalue weighted by Gasteiger charge is -2.26. The Labute approximate surface area is 185 Å². The van der Waals surface area contributed by atoms with Crippen molar-refractivity contribution in [2.75, 3.05) is 26.4 Å². The average Bonchev–Trinajstić information content (AvgIpc) is 3.28. The van der Waals surface area contributed by atoms with Crippen molar-refractivity contribution in [3.05, 3.63) is 53.6 Å². The second kappa shape index (κ2) is 9.89. The first-order valence-electron chi connectivity index (χ1n) is 10.6. The number of nitrogens with zero attached hydrogens (tertiary/aromatic N) is 1. The van der Waals surface area contributed by atoms with Crippen molar-refractivity contribution in [2.45, 2.75) is 32.4 Å². The molecule has 0 aliphatic carbocycles. The second-order valence-corrected chi connectivity index (χ2v) is 7.44. The Bertz CT molecular complexity index is 994. The first-order valence-corrected chi connectivity index (χ1v) is 10.6. The summed E-state index contributed by atoms with van der Waals surface area (Å²) < 4.78 is 46.3. The molecule has 4 rings (SSSR count). The van der Waals surface area contributed by atoms with E-state index in [0.29, 0.717) is 37.7 Å². The van der Waals surface area contributed by atoms with Gasteiger partial charge in [-0.2, -0.15) is 8.78 Å². The van der Waals surface area contributed by atoms with Gasteiger partial charge >= 0.3 is 6.61 Å². The Kier molecular flexibility index (Phi) is 6.78. The minimum atomic E-state index is -2.94. The maximum absolute atomic E-state index is 12.9. The number of carbonyl (C=O) groups is 1. The summed E-state index contributed by atoms with van der Waals surface area (Å²) in [7, 11) is 0. The van der Waals surface area contributed by atoms with Crippen LogP contribution in [0.25, 0.3) is 6.08 Å². The number of halogens is 2. The molecule has 0 bridgehead atoms. The highest BCUT2D eigenvalue weighted by atomic mass is 19.3. The monoisotopic (exact) mass is 445 g/mol. The van der Waals surface area contributed by atoms with E-state index in [1.807, 2.05) is 23.1 Å². The number of likely N-dealkylation sites (tertiary alicyclic amines) is 1. The van der Waals surface area contributed by atoms with Gasteiger partial charge in [-0.3, -0.25) is 4.79 Å². The van der Waals surface area contributed by atoms with Gasteiger partial charge in [-0.05, 0) is 61.2 Å². The van der Waals surface area contributed by atoms with E-state index in [2.05, 4.69) is 4.74 Å². The summed E-state index contributed by atoms with van der Waals surface area (Å²) in [6.07, 6.45) is 4.92. The Morgan fingerprint density at radius 3 is 2.75 bits per heavy atom. The molecular weight excluding hydrogens is 420 g/mol. The molecule has 0 radical (unpaired) electrons. The molecule has 0 N–H and O–H groups in total. The van der Waals surface area contributed by atoms with E-state index in [1.165, 1.54) is 12.1 Å². The maximum Gasteiger partial charge on any atom is 0.387 e. The quantitative estimate of drug-likeness (QED) is 0.571. The molecule has 1 amide bonds. The summed E-state index contributed by atoms with van der Waals surface area (Å²) in [6, 6.07) is 10.4. The van der Waals surface area contributed by atoms with Gasteiger partial charge in [-0.25, -0.2) is 0 Å². The lowest BCUT2D eigenvalue weighted by molar-refractivity contribution is -0.126. The van der Waals surface area contributed by atoms with Gasteiger partial charge in [0, 0.05) is 12.6 Å². The van der Waals surface area contributed by atoms with Crippen LogP contribution in [0.4, 0.5) is 8.78 Å². The molecule has 2 aliphatic rings. The number of alkyl halides is 2. The molecule has 6 nitrogen and oxygen atoms in total.